The van der Waals surface area contributed by atoms with Crippen molar-refractivity contribution in [3.8, 4) is 0 Å². The Labute approximate surface area is 154 Å². The monoisotopic (exact) mass is 363 g/mol. The summed E-state index contributed by atoms with van der Waals surface area (Å²) in [4.78, 5) is 17.4. The first-order chi connectivity index (χ1) is 12.6. The molecule has 8 heteroatoms. The van der Waals surface area contributed by atoms with Gasteiger partial charge in [0, 0.05) is 6.20 Å². The van der Waals surface area contributed by atoms with Crippen LogP contribution in [0.2, 0.25) is 0 Å². The van der Waals surface area contributed by atoms with E-state index in [4.69, 9.17) is 5.73 Å². The van der Waals surface area contributed by atoms with Crippen LogP contribution in [0.15, 0.2) is 42.9 Å². The zero-order valence-electron chi connectivity index (χ0n) is 14.3. The summed E-state index contributed by atoms with van der Waals surface area (Å²) in [6.07, 6.45) is 3.19. The second kappa shape index (κ2) is 6.57. The minimum atomic E-state index is 0.409. The molecule has 0 atom stereocenters. The lowest BCUT2D eigenvalue weighted by Gasteiger charge is -2.11. The van der Waals surface area contributed by atoms with E-state index in [1.807, 2.05) is 44.2 Å². The predicted octanol–water partition coefficient (Wildman–Crippen LogP) is 4.17. The molecule has 4 aromatic rings. The number of nitrogens with two attached hydrogens (primary N) is 1. The van der Waals surface area contributed by atoms with Gasteiger partial charge in [0.15, 0.2) is 16.8 Å². The smallest absolute Gasteiger partial charge is 0.189 e. The van der Waals surface area contributed by atoms with Crippen LogP contribution in [-0.2, 0) is 0 Å². The number of anilines is 5. The van der Waals surface area contributed by atoms with Crippen LogP contribution in [0.25, 0.3) is 10.2 Å². The highest BCUT2D eigenvalue weighted by Gasteiger charge is 2.12. The molecule has 3 aromatic heterocycles. The Hall–Kier alpha value is -3.26. The Kier molecular flexibility index (Phi) is 4.10. The van der Waals surface area contributed by atoms with Crippen molar-refractivity contribution in [3.63, 3.8) is 0 Å². The van der Waals surface area contributed by atoms with Crippen LogP contribution in [-0.4, -0.2) is 19.9 Å². The number of nitrogens with one attached hydrogen (secondary N) is 2. The molecular formula is C18H17N7S. The van der Waals surface area contributed by atoms with Crippen LogP contribution in [0.1, 0.15) is 11.1 Å². The zero-order valence-corrected chi connectivity index (χ0v) is 15.1. The van der Waals surface area contributed by atoms with E-state index in [9.17, 15) is 0 Å². The molecule has 4 rings (SSSR count). The van der Waals surface area contributed by atoms with Crippen molar-refractivity contribution in [2.24, 2.45) is 0 Å². The average Bonchev–Trinajstić information content (AvgIpc) is 3.03. The number of hydrogen-bond acceptors (Lipinski definition) is 8. The minimum absolute atomic E-state index is 0.409. The van der Waals surface area contributed by atoms with Crippen molar-refractivity contribution in [3.05, 3.63) is 54.0 Å². The first kappa shape index (κ1) is 16.2. The number of fused-ring (bicyclic) bond motifs is 1. The third-order valence-electron chi connectivity index (χ3n) is 3.89. The lowest BCUT2D eigenvalue weighted by Crippen LogP contribution is -2.05. The highest BCUT2D eigenvalue weighted by Crippen LogP contribution is 2.32. The summed E-state index contributed by atoms with van der Waals surface area (Å²) in [5.41, 5.74) is 9.86. The Morgan fingerprint density at radius 3 is 2.58 bits per heavy atom. The van der Waals surface area contributed by atoms with Crippen LogP contribution in [0.4, 0.5) is 28.3 Å². The van der Waals surface area contributed by atoms with Crippen LogP contribution < -0.4 is 16.4 Å². The number of nitrogen functional groups attached to an aromatic ring is 1. The molecule has 0 amide bonds. The van der Waals surface area contributed by atoms with Gasteiger partial charge in [0.25, 0.3) is 0 Å². The largest absolute Gasteiger partial charge is 0.393 e. The van der Waals surface area contributed by atoms with Gasteiger partial charge in [-0.05, 0) is 43.2 Å². The molecule has 0 spiro atoms. The fraction of sp³-hybridized carbons (Fsp3) is 0.111. The summed E-state index contributed by atoms with van der Waals surface area (Å²) in [6.45, 7) is 4.04. The molecule has 0 saturated carbocycles. The van der Waals surface area contributed by atoms with E-state index in [0.29, 0.717) is 23.1 Å². The SMILES string of the molecule is Cc1ccnc(Nc2ncnc(Nc3nc4c(C)cccc4s3)c2N)c1. The molecule has 0 saturated heterocycles. The molecule has 0 aliphatic heterocycles. The van der Waals surface area contributed by atoms with Crippen molar-refractivity contribution in [2.45, 2.75) is 13.8 Å². The number of para-hydroxylation sites is 1. The molecule has 0 aliphatic rings. The zero-order chi connectivity index (χ0) is 18.1. The van der Waals surface area contributed by atoms with Gasteiger partial charge in [0.1, 0.15) is 17.8 Å². The maximum absolute atomic E-state index is 6.24. The van der Waals surface area contributed by atoms with E-state index in [1.165, 1.54) is 6.33 Å². The van der Waals surface area contributed by atoms with E-state index < -0.39 is 0 Å². The van der Waals surface area contributed by atoms with Crippen molar-refractivity contribution in [1.29, 1.82) is 0 Å². The van der Waals surface area contributed by atoms with Crippen LogP contribution >= 0.6 is 11.3 Å². The van der Waals surface area contributed by atoms with Gasteiger partial charge in [-0.3, -0.25) is 0 Å². The number of nitrogens with zero attached hydrogens (tertiary/aromatic N) is 4. The van der Waals surface area contributed by atoms with Crippen LogP contribution in [0.3, 0.4) is 0 Å². The topological polar surface area (TPSA) is 102 Å². The normalized spacial score (nSPS) is 10.8. The standard InChI is InChI=1S/C18H17N7S/c1-10-6-7-20-13(8-10)23-16-14(19)17(22-9-21-16)25-18-24-15-11(2)4-3-5-12(15)26-18/h3-9H,19H2,1-2H3,(H2,20,21,22,23,24,25). The van der Waals surface area contributed by atoms with Crippen molar-refractivity contribution < 1.29 is 0 Å². The fourth-order valence-corrected chi connectivity index (χ4v) is 3.50. The molecule has 0 fully saturated rings. The summed E-state index contributed by atoms with van der Waals surface area (Å²) in [7, 11) is 0. The first-order valence-electron chi connectivity index (χ1n) is 8.03. The van der Waals surface area contributed by atoms with Gasteiger partial charge in [-0.25, -0.2) is 19.9 Å². The molecule has 0 bridgehead atoms. The lowest BCUT2D eigenvalue weighted by molar-refractivity contribution is 1.16. The summed E-state index contributed by atoms with van der Waals surface area (Å²) in [5, 5.41) is 7.06. The molecule has 3 heterocycles. The third-order valence-corrected chi connectivity index (χ3v) is 4.83. The van der Waals surface area contributed by atoms with E-state index >= 15 is 0 Å². The number of rotatable bonds is 4. The Balaban J connectivity index is 1.63. The lowest BCUT2D eigenvalue weighted by atomic mass is 10.2. The van der Waals surface area contributed by atoms with Gasteiger partial charge in [0.2, 0.25) is 0 Å². The highest BCUT2D eigenvalue weighted by atomic mass is 32.1. The number of benzene rings is 1. The van der Waals surface area contributed by atoms with E-state index in [2.05, 4.69) is 30.6 Å². The number of aryl methyl sites for hydroxylation is 2. The second-order valence-corrected chi connectivity index (χ2v) is 6.92. The van der Waals surface area contributed by atoms with Gasteiger partial charge in [-0.1, -0.05) is 23.5 Å². The van der Waals surface area contributed by atoms with Crippen LogP contribution in [0.5, 0.6) is 0 Å². The summed E-state index contributed by atoms with van der Waals surface area (Å²) in [5.74, 6) is 1.68. The predicted molar refractivity (Wildman–Crippen MR) is 106 cm³/mol. The highest BCUT2D eigenvalue weighted by molar-refractivity contribution is 7.22. The molecular weight excluding hydrogens is 346 g/mol. The molecule has 0 aliphatic carbocycles. The van der Waals surface area contributed by atoms with Crippen molar-refractivity contribution in [2.75, 3.05) is 16.4 Å². The number of hydrogen-bond donors (Lipinski definition) is 3. The number of thiazole rings is 1. The quantitative estimate of drug-likeness (QED) is 0.500. The Bertz CT molecular complexity index is 1090. The summed E-state index contributed by atoms with van der Waals surface area (Å²) < 4.78 is 1.11. The molecule has 130 valence electrons. The molecule has 0 radical (unpaired) electrons. The van der Waals surface area contributed by atoms with Gasteiger partial charge in [0.05, 0.1) is 10.2 Å². The van der Waals surface area contributed by atoms with Crippen molar-refractivity contribution in [1.82, 2.24) is 19.9 Å². The van der Waals surface area contributed by atoms with Gasteiger partial charge in [-0.15, -0.1) is 0 Å². The summed E-state index contributed by atoms with van der Waals surface area (Å²) >= 11 is 1.56. The maximum Gasteiger partial charge on any atom is 0.189 e. The minimum Gasteiger partial charge on any atom is -0.393 e. The first-order valence-corrected chi connectivity index (χ1v) is 8.85. The molecule has 0 unspecified atom stereocenters. The number of pyridine rings is 1. The average molecular weight is 363 g/mol. The molecule has 1 aromatic carbocycles. The Morgan fingerprint density at radius 2 is 1.81 bits per heavy atom. The summed E-state index contributed by atoms with van der Waals surface area (Å²) in [6, 6.07) is 9.96. The van der Waals surface area contributed by atoms with Gasteiger partial charge in [-0.2, -0.15) is 0 Å². The van der Waals surface area contributed by atoms with E-state index in [0.717, 1.165) is 26.5 Å². The number of aromatic nitrogens is 4. The van der Waals surface area contributed by atoms with Crippen molar-refractivity contribution >= 4 is 49.8 Å². The maximum atomic E-state index is 6.24. The fourth-order valence-electron chi connectivity index (χ4n) is 2.56. The Morgan fingerprint density at radius 1 is 1.00 bits per heavy atom. The van der Waals surface area contributed by atoms with E-state index in [-0.39, 0.29) is 0 Å². The molecule has 7 nitrogen and oxygen atoms in total. The molecule has 26 heavy (non-hydrogen) atoms. The van der Waals surface area contributed by atoms with Crippen LogP contribution in [0, 0.1) is 13.8 Å². The second-order valence-electron chi connectivity index (χ2n) is 5.89. The van der Waals surface area contributed by atoms with Gasteiger partial charge >= 0.3 is 0 Å². The van der Waals surface area contributed by atoms with Gasteiger partial charge < -0.3 is 16.4 Å². The van der Waals surface area contributed by atoms with E-state index in [1.54, 1.807) is 17.5 Å². The third kappa shape index (κ3) is 3.14. The molecule has 4 N–H and O–H groups in total.